The summed E-state index contributed by atoms with van der Waals surface area (Å²) in [5.74, 6) is 0.886. The van der Waals surface area contributed by atoms with E-state index in [1.807, 2.05) is 30.3 Å². The summed E-state index contributed by atoms with van der Waals surface area (Å²) in [4.78, 5) is 24.0. The number of sulfonamides is 1. The van der Waals surface area contributed by atoms with Crippen molar-refractivity contribution in [2.75, 3.05) is 10.0 Å². The van der Waals surface area contributed by atoms with Gasteiger partial charge >= 0.3 is 0 Å². The van der Waals surface area contributed by atoms with Crippen molar-refractivity contribution in [2.24, 2.45) is 0 Å². The highest BCUT2D eigenvalue weighted by Crippen LogP contribution is 2.27. The molecule has 10 nitrogen and oxygen atoms in total. The van der Waals surface area contributed by atoms with E-state index >= 15 is 0 Å². The lowest BCUT2D eigenvalue weighted by Crippen LogP contribution is -2.13. The van der Waals surface area contributed by atoms with Gasteiger partial charge in [0.25, 0.3) is 15.6 Å². The van der Waals surface area contributed by atoms with Crippen molar-refractivity contribution < 1.29 is 12.9 Å². The molecular formula is C23H18N6O4S. The molecule has 3 N–H and O–H groups in total. The van der Waals surface area contributed by atoms with Gasteiger partial charge in [0.2, 0.25) is 0 Å². The number of rotatable bonds is 6. The third-order valence-electron chi connectivity index (χ3n) is 4.99. The van der Waals surface area contributed by atoms with Crippen LogP contribution in [0.25, 0.3) is 22.2 Å². The van der Waals surface area contributed by atoms with Crippen LogP contribution in [0.15, 0.2) is 87.3 Å². The lowest BCUT2D eigenvalue weighted by Gasteiger charge is -2.11. The molecule has 0 aliphatic carbocycles. The van der Waals surface area contributed by atoms with Crippen LogP contribution in [0, 0.1) is 6.92 Å². The molecule has 3 aromatic heterocycles. The number of anilines is 3. The molecule has 0 bridgehead atoms. The first-order valence-electron chi connectivity index (χ1n) is 10.2. The summed E-state index contributed by atoms with van der Waals surface area (Å²) in [6, 6.07) is 18.8. The van der Waals surface area contributed by atoms with Gasteiger partial charge in [-0.2, -0.15) is 0 Å². The molecule has 0 radical (unpaired) electrons. The van der Waals surface area contributed by atoms with Crippen LogP contribution in [0.5, 0.6) is 0 Å². The van der Waals surface area contributed by atoms with Crippen LogP contribution in [0.3, 0.4) is 0 Å². The van der Waals surface area contributed by atoms with E-state index in [1.54, 1.807) is 25.1 Å². The Morgan fingerprint density at radius 2 is 1.76 bits per heavy atom. The molecule has 170 valence electrons. The number of benzene rings is 2. The van der Waals surface area contributed by atoms with Crippen LogP contribution in [-0.2, 0) is 10.0 Å². The zero-order chi connectivity index (χ0) is 23.7. The summed E-state index contributed by atoms with van der Waals surface area (Å²) in [5.41, 5.74) is 2.18. The zero-order valence-corrected chi connectivity index (χ0v) is 18.6. The molecule has 0 atom stereocenters. The first kappa shape index (κ1) is 21.3. The third kappa shape index (κ3) is 4.24. The van der Waals surface area contributed by atoms with E-state index in [-0.39, 0.29) is 16.3 Å². The van der Waals surface area contributed by atoms with Crippen molar-refractivity contribution >= 4 is 38.2 Å². The Hall–Kier alpha value is -4.51. The van der Waals surface area contributed by atoms with E-state index in [0.29, 0.717) is 33.9 Å². The largest absolute Gasteiger partial charge is 0.360 e. The molecule has 0 amide bonds. The van der Waals surface area contributed by atoms with Crippen LogP contribution in [0.2, 0.25) is 0 Å². The van der Waals surface area contributed by atoms with Gasteiger partial charge < -0.3 is 14.8 Å². The first-order chi connectivity index (χ1) is 16.4. The van der Waals surface area contributed by atoms with Gasteiger partial charge in [0.1, 0.15) is 17.0 Å². The molecule has 3 heterocycles. The molecule has 0 spiro atoms. The monoisotopic (exact) mass is 474 g/mol. The number of hydrogen-bond acceptors (Lipinski definition) is 8. The SMILES string of the molecule is Cc1cc(NS(=O)(=O)c2ccc(Nc3nc(-c4ccccc4)cc4nc[nH]c(=O)c34)cc2)no1. The zero-order valence-electron chi connectivity index (χ0n) is 17.8. The molecule has 0 saturated heterocycles. The Morgan fingerprint density at radius 1 is 1.00 bits per heavy atom. The summed E-state index contributed by atoms with van der Waals surface area (Å²) >= 11 is 0. The van der Waals surface area contributed by atoms with Crippen LogP contribution in [-0.4, -0.2) is 28.5 Å². The third-order valence-corrected chi connectivity index (χ3v) is 6.36. The Bertz CT molecular complexity index is 1650. The molecule has 0 unspecified atom stereocenters. The molecule has 34 heavy (non-hydrogen) atoms. The number of hydrogen-bond donors (Lipinski definition) is 3. The van der Waals surface area contributed by atoms with Gasteiger partial charge in [-0.05, 0) is 37.3 Å². The predicted octanol–water partition coefficient (Wildman–Crippen LogP) is 3.83. The van der Waals surface area contributed by atoms with Crippen molar-refractivity contribution in [3.05, 3.63) is 89.2 Å². The van der Waals surface area contributed by atoms with Crippen molar-refractivity contribution in [3.63, 3.8) is 0 Å². The average Bonchev–Trinajstić information content (AvgIpc) is 3.23. The Kier molecular flexibility index (Phi) is 5.30. The maximum atomic E-state index is 12.6. The van der Waals surface area contributed by atoms with Gasteiger partial charge in [-0.1, -0.05) is 35.5 Å². The summed E-state index contributed by atoms with van der Waals surface area (Å²) in [6.45, 7) is 1.66. The van der Waals surface area contributed by atoms with Gasteiger partial charge in [-0.25, -0.2) is 18.4 Å². The van der Waals surface area contributed by atoms with E-state index in [9.17, 15) is 13.2 Å². The standard InChI is InChI=1S/C23H18N6O4S/c1-14-11-20(28-33-14)29-34(31,32)17-9-7-16(8-10-17)26-22-21-19(24-13-25-23(21)30)12-18(27-22)15-5-3-2-4-6-15/h2-13H,1H3,(H,26,27)(H,28,29)(H,24,25,30). The van der Waals surface area contributed by atoms with Crippen molar-refractivity contribution in [2.45, 2.75) is 11.8 Å². The van der Waals surface area contributed by atoms with E-state index in [4.69, 9.17) is 4.52 Å². The highest BCUT2D eigenvalue weighted by Gasteiger charge is 2.17. The maximum absolute atomic E-state index is 12.6. The van der Waals surface area contributed by atoms with E-state index in [2.05, 4.69) is 30.1 Å². The van der Waals surface area contributed by atoms with E-state index in [0.717, 1.165) is 5.56 Å². The molecule has 0 fully saturated rings. The smallest absolute Gasteiger partial charge is 0.263 e. The van der Waals surface area contributed by atoms with Gasteiger partial charge in [-0.15, -0.1) is 0 Å². The van der Waals surface area contributed by atoms with Crippen molar-refractivity contribution in [1.82, 2.24) is 20.1 Å². The van der Waals surface area contributed by atoms with Gasteiger partial charge in [0, 0.05) is 17.3 Å². The number of nitrogens with one attached hydrogen (secondary N) is 3. The summed E-state index contributed by atoms with van der Waals surface area (Å²) in [6.07, 6.45) is 1.34. The Morgan fingerprint density at radius 3 is 2.47 bits per heavy atom. The van der Waals surface area contributed by atoms with Crippen molar-refractivity contribution in [1.29, 1.82) is 0 Å². The van der Waals surface area contributed by atoms with E-state index in [1.165, 1.54) is 24.5 Å². The highest BCUT2D eigenvalue weighted by atomic mass is 32.2. The molecule has 5 rings (SSSR count). The van der Waals surface area contributed by atoms with Gasteiger partial charge in [-0.3, -0.25) is 9.52 Å². The van der Waals surface area contributed by atoms with Crippen LogP contribution in [0.1, 0.15) is 5.76 Å². The lowest BCUT2D eigenvalue weighted by molar-refractivity contribution is 0.400. The van der Waals surface area contributed by atoms with Crippen LogP contribution in [0.4, 0.5) is 17.3 Å². The van der Waals surface area contributed by atoms with Crippen LogP contribution < -0.4 is 15.6 Å². The van der Waals surface area contributed by atoms with Crippen LogP contribution >= 0.6 is 0 Å². The number of aromatic nitrogens is 4. The molecule has 0 aliphatic rings. The lowest BCUT2D eigenvalue weighted by atomic mass is 10.1. The Balaban J connectivity index is 1.49. The predicted molar refractivity (Wildman–Crippen MR) is 127 cm³/mol. The molecule has 2 aromatic carbocycles. The summed E-state index contributed by atoms with van der Waals surface area (Å²) < 4.78 is 32.5. The fraction of sp³-hybridized carbons (Fsp3) is 0.0435. The van der Waals surface area contributed by atoms with Crippen molar-refractivity contribution in [3.8, 4) is 11.3 Å². The normalized spacial score (nSPS) is 11.4. The minimum absolute atomic E-state index is 0.0362. The minimum atomic E-state index is -3.85. The molecule has 0 aliphatic heterocycles. The summed E-state index contributed by atoms with van der Waals surface area (Å²) in [5, 5.41) is 7.06. The second-order valence-electron chi connectivity index (χ2n) is 7.43. The number of H-pyrrole nitrogens is 1. The van der Waals surface area contributed by atoms with Gasteiger partial charge in [0.05, 0.1) is 22.4 Å². The average molecular weight is 475 g/mol. The number of nitrogens with zero attached hydrogens (tertiary/aromatic N) is 3. The fourth-order valence-electron chi connectivity index (χ4n) is 3.40. The highest BCUT2D eigenvalue weighted by molar-refractivity contribution is 7.92. The minimum Gasteiger partial charge on any atom is -0.360 e. The number of aromatic amines is 1. The topological polar surface area (TPSA) is 143 Å². The van der Waals surface area contributed by atoms with Gasteiger partial charge in [0.15, 0.2) is 5.82 Å². The number of pyridine rings is 1. The number of aryl methyl sites for hydroxylation is 1. The molecule has 0 saturated carbocycles. The molecule has 5 aromatic rings. The molecular weight excluding hydrogens is 456 g/mol. The summed E-state index contributed by atoms with van der Waals surface area (Å²) in [7, 11) is -3.85. The molecule has 11 heteroatoms. The number of fused-ring (bicyclic) bond motifs is 1. The fourth-order valence-corrected chi connectivity index (χ4v) is 4.39. The second kappa shape index (κ2) is 8.45. The quantitative estimate of drug-likeness (QED) is 0.337. The Labute approximate surface area is 193 Å². The first-order valence-corrected chi connectivity index (χ1v) is 11.6. The second-order valence-corrected chi connectivity index (χ2v) is 9.11. The maximum Gasteiger partial charge on any atom is 0.263 e. The van der Waals surface area contributed by atoms with E-state index < -0.39 is 10.0 Å².